The summed E-state index contributed by atoms with van der Waals surface area (Å²) in [5.41, 5.74) is 1.97. The van der Waals surface area contributed by atoms with Gasteiger partial charge in [-0.05, 0) is 31.2 Å². The van der Waals surface area contributed by atoms with Gasteiger partial charge in [0.1, 0.15) is 11.6 Å². The fourth-order valence-electron chi connectivity index (χ4n) is 2.09. The Labute approximate surface area is 132 Å². The highest BCUT2D eigenvalue weighted by Gasteiger charge is 2.13. The van der Waals surface area contributed by atoms with E-state index in [4.69, 9.17) is 4.42 Å². The topological polar surface area (TPSA) is 70.9 Å². The van der Waals surface area contributed by atoms with Gasteiger partial charge in [0.25, 0.3) is 0 Å². The fraction of sp³-hybridized carbons (Fsp3) is 0.250. The van der Waals surface area contributed by atoms with E-state index in [-0.39, 0.29) is 11.2 Å². The van der Waals surface area contributed by atoms with Gasteiger partial charge in [0, 0.05) is 0 Å². The molecule has 6 heteroatoms. The molecule has 0 spiro atoms. The van der Waals surface area contributed by atoms with E-state index in [1.807, 2.05) is 37.3 Å². The number of thioether (sulfide) groups is 1. The zero-order chi connectivity index (χ0) is 15.4. The van der Waals surface area contributed by atoms with Crippen LogP contribution in [0.5, 0.6) is 0 Å². The third kappa shape index (κ3) is 3.51. The van der Waals surface area contributed by atoms with Crippen LogP contribution in [-0.2, 0) is 11.3 Å². The Hall–Kier alpha value is -2.21. The van der Waals surface area contributed by atoms with Gasteiger partial charge in [0.2, 0.25) is 5.91 Å². The summed E-state index contributed by atoms with van der Waals surface area (Å²) in [5, 5.41) is 2.96. The number of imidazole rings is 1. The van der Waals surface area contributed by atoms with Crippen LogP contribution in [0.15, 0.2) is 47.1 Å². The highest BCUT2D eigenvalue weighted by atomic mass is 32.2. The van der Waals surface area contributed by atoms with Crippen molar-refractivity contribution in [3.63, 3.8) is 0 Å². The van der Waals surface area contributed by atoms with E-state index in [2.05, 4.69) is 15.3 Å². The van der Waals surface area contributed by atoms with Crippen LogP contribution in [0.4, 0.5) is 0 Å². The highest BCUT2D eigenvalue weighted by Crippen LogP contribution is 2.27. The number of nitrogens with zero attached hydrogens (tertiary/aromatic N) is 1. The zero-order valence-corrected chi connectivity index (χ0v) is 13.0. The number of para-hydroxylation sites is 2. The normalized spacial score (nSPS) is 12.4. The predicted molar refractivity (Wildman–Crippen MR) is 87.5 cm³/mol. The average Bonchev–Trinajstić information content (AvgIpc) is 3.19. The van der Waals surface area contributed by atoms with Gasteiger partial charge in [-0.2, -0.15) is 0 Å². The standard InChI is InChI=1S/C16H17N3O2S/c1-11(16-18-13-6-2-3-7-14(13)19-16)22-10-15(20)17-9-12-5-4-8-21-12/h2-8,11H,9-10H2,1H3,(H,17,20)(H,18,19). The van der Waals surface area contributed by atoms with Crippen molar-refractivity contribution in [2.45, 2.75) is 18.7 Å². The first kappa shape index (κ1) is 14.7. The molecule has 0 saturated heterocycles. The molecule has 0 saturated carbocycles. The Morgan fingerprint density at radius 3 is 3.00 bits per heavy atom. The Morgan fingerprint density at radius 2 is 2.23 bits per heavy atom. The largest absolute Gasteiger partial charge is 0.467 e. The molecule has 0 bridgehead atoms. The number of hydrogen-bond acceptors (Lipinski definition) is 4. The van der Waals surface area contributed by atoms with Gasteiger partial charge in [-0.1, -0.05) is 12.1 Å². The summed E-state index contributed by atoms with van der Waals surface area (Å²) in [4.78, 5) is 19.7. The van der Waals surface area contributed by atoms with E-state index in [9.17, 15) is 4.79 Å². The highest BCUT2D eigenvalue weighted by molar-refractivity contribution is 8.00. The fourth-order valence-corrected chi connectivity index (χ4v) is 2.87. The van der Waals surface area contributed by atoms with Gasteiger partial charge in [-0.15, -0.1) is 11.8 Å². The summed E-state index contributed by atoms with van der Waals surface area (Å²) in [7, 11) is 0. The molecule has 3 aromatic rings. The molecule has 1 unspecified atom stereocenters. The van der Waals surface area contributed by atoms with Gasteiger partial charge < -0.3 is 14.7 Å². The minimum Gasteiger partial charge on any atom is -0.467 e. The van der Waals surface area contributed by atoms with Crippen molar-refractivity contribution in [3.05, 3.63) is 54.2 Å². The van der Waals surface area contributed by atoms with Crippen molar-refractivity contribution >= 4 is 28.7 Å². The number of nitrogens with one attached hydrogen (secondary N) is 2. The van der Waals surface area contributed by atoms with Crippen molar-refractivity contribution in [3.8, 4) is 0 Å². The van der Waals surface area contributed by atoms with Gasteiger partial charge in [0.05, 0.1) is 34.8 Å². The van der Waals surface area contributed by atoms with Crippen LogP contribution in [0.2, 0.25) is 0 Å². The molecule has 2 heterocycles. The molecule has 0 aliphatic heterocycles. The smallest absolute Gasteiger partial charge is 0.230 e. The van der Waals surface area contributed by atoms with Gasteiger partial charge in [-0.3, -0.25) is 4.79 Å². The second-order valence-corrected chi connectivity index (χ2v) is 6.28. The van der Waals surface area contributed by atoms with E-state index in [1.165, 1.54) is 0 Å². The molecule has 0 fully saturated rings. The van der Waals surface area contributed by atoms with Crippen molar-refractivity contribution in [1.29, 1.82) is 0 Å². The molecule has 22 heavy (non-hydrogen) atoms. The number of hydrogen-bond donors (Lipinski definition) is 2. The maximum Gasteiger partial charge on any atom is 0.230 e. The minimum absolute atomic E-state index is 0.00985. The molecule has 0 aliphatic carbocycles. The Kier molecular flexibility index (Phi) is 4.48. The van der Waals surface area contributed by atoms with Gasteiger partial charge in [-0.25, -0.2) is 4.98 Å². The lowest BCUT2D eigenvalue weighted by atomic mass is 10.3. The predicted octanol–water partition coefficient (Wildman–Crippen LogP) is 3.27. The Morgan fingerprint density at radius 1 is 1.36 bits per heavy atom. The number of H-pyrrole nitrogens is 1. The van der Waals surface area contributed by atoms with E-state index in [1.54, 1.807) is 24.1 Å². The first-order valence-corrected chi connectivity index (χ1v) is 8.12. The van der Waals surface area contributed by atoms with Crippen molar-refractivity contribution in [1.82, 2.24) is 15.3 Å². The van der Waals surface area contributed by atoms with E-state index in [0.717, 1.165) is 22.6 Å². The van der Waals surface area contributed by atoms with Crippen molar-refractivity contribution < 1.29 is 9.21 Å². The zero-order valence-electron chi connectivity index (χ0n) is 12.2. The second kappa shape index (κ2) is 6.70. The Bertz CT molecular complexity index is 719. The first-order chi connectivity index (χ1) is 10.7. The lowest BCUT2D eigenvalue weighted by molar-refractivity contribution is -0.118. The maximum atomic E-state index is 11.8. The monoisotopic (exact) mass is 315 g/mol. The van der Waals surface area contributed by atoms with Crippen LogP contribution >= 0.6 is 11.8 Å². The SMILES string of the molecule is CC(SCC(=O)NCc1ccco1)c1nc2ccccc2[nH]1. The first-order valence-electron chi connectivity index (χ1n) is 7.07. The van der Waals surface area contributed by atoms with Crippen LogP contribution in [0, 0.1) is 0 Å². The quantitative estimate of drug-likeness (QED) is 0.732. The summed E-state index contributed by atoms with van der Waals surface area (Å²) in [6.45, 7) is 2.47. The molecule has 2 N–H and O–H groups in total. The molecule has 1 atom stereocenters. The minimum atomic E-state index is -0.00985. The molecule has 5 nitrogen and oxygen atoms in total. The lowest BCUT2D eigenvalue weighted by Gasteiger charge is -2.08. The van der Waals surface area contributed by atoms with Crippen LogP contribution in [0.1, 0.15) is 23.8 Å². The molecule has 1 amide bonds. The average molecular weight is 315 g/mol. The third-order valence-corrected chi connectivity index (χ3v) is 4.45. The summed E-state index contributed by atoms with van der Waals surface area (Å²) in [6.07, 6.45) is 1.60. The number of aromatic amines is 1. The molecule has 3 rings (SSSR count). The molecular formula is C16H17N3O2S. The number of carbonyl (C=O) groups is 1. The molecule has 114 valence electrons. The molecule has 1 aromatic carbocycles. The van der Waals surface area contributed by atoms with Crippen LogP contribution < -0.4 is 5.32 Å². The van der Waals surface area contributed by atoms with E-state index >= 15 is 0 Å². The summed E-state index contributed by atoms with van der Waals surface area (Å²) < 4.78 is 5.18. The second-order valence-electron chi connectivity index (χ2n) is 4.95. The third-order valence-electron chi connectivity index (χ3n) is 3.30. The van der Waals surface area contributed by atoms with E-state index < -0.39 is 0 Å². The summed E-state index contributed by atoms with van der Waals surface area (Å²) >= 11 is 1.55. The van der Waals surface area contributed by atoms with Crippen molar-refractivity contribution in [2.75, 3.05) is 5.75 Å². The van der Waals surface area contributed by atoms with E-state index in [0.29, 0.717) is 12.3 Å². The van der Waals surface area contributed by atoms with Crippen LogP contribution in [0.3, 0.4) is 0 Å². The van der Waals surface area contributed by atoms with Gasteiger partial charge >= 0.3 is 0 Å². The number of amides is 1. The van der Waals surface area contributed by atoms with Gasteiger partial charge in [0.15, 0.2) is 0 Å². The molecule has 2 aromatic heterocycles. The number of benzene rings is 1. The van der Waals surface area contributed by atoms with Crippen LogP contribution in [-0.4, -0.2) is 21.6 Å². The number of rotatable bonds is 6. The maximum absolute atomic E-state index is 11.8. The van der Waals surface area contributed by atoms with Crippen LogP contribution in [0.25, 0.3) is 11.0 Å². The summed E-state index contributed by atoms with van der Waals surface area (Å²) in [6, 6.07) is 11.6. The van der Waals surface area contributed by atoms with Crippen molar-refractivity contribution in [2.24, 2.45) is 0 Å². The number of aromatic nitrogens is 2. The lowest BCUT2D eigenvalue weighted by Crippen LogP contribution is -2.24. The number of fused-ring (bicyclic) bond motifs is 1. The number of carbonyl (C=O) groups excluding carboxylic acids is 1. The Balaban J connectivity index is 1.51. The summed E-state index contributed by atoms with van der Waals surface area (Å²) in [5.74, 6) is 2.02. The number of furan rings is 1. The molecule has 0 aliphatic rings. The molecule has 0 radical (unpaired) electrons. The molecular weight excluding hydrogens is 298 g/mol.